The Balaban J connectivity index is 0.000000568. The second kappa shape index (κ2) is 13.2. The Hall–Kier alpha value is -2.97. The molecule has 4 N–H and O–H groups in total. The van der Waals surface area contributed by atoms with Crippen LogP contribution in [0.15, 0.2) is 54.6 Å². The van der Waals surface area contributed by atoms with Crippen molar-refractivity contribution in [2.75, 3.05) is 19.7 Å². The van der Waals surface area contributed by atoms with Gasteiger partial charge in [0.1, 0.15) is 18.2 Å². The minimum atomic E-state index is -1.82. The number of aliphatic hydroxyl groups is 1. The third-order valence-corrected chi connectivity index (χ3v) is 3.56. The molecular weight excluding hydrogens is 369 g/mol. The Morgan fingerprint density at radius 2 is 1.57 bits per heavy atom. The third-order valence-electron chi connectivity index (χ3n) is 3.56. The van der Waals surface area contributed by atoms with Crippen molar-refractivity contribution in [2.24, 2.45) is 0 Å². The second-order valence-corrected chi connectivity index (χ2v) is 5.73. The van der Waals surface area contributed by atoms with E-state index in [-0.39, 0.29) is 5.82 Å². The first-order valence-corrected chi connectivity index (χ1v) is 8.68. The van der Waals surface area contributed by atoms with Gasteiger partial charge < -0.3 is 25.4 Å². The molecule has 0 aromatic heterocycles. The van der Waals surface area contributed by atoms with Gasteiger partial charge in [-0.2, -0.15) is 0 Å². The lowest BCUT2D eigenvalue weighted by atomic mass is 10.1. The van der Waals surface area contributed by atoms with Gasteiger partial charge in [0.05, 0.1) is 6.10 Å². The van der Waals surface area contributed by atoms with Gasteiger partial charge >= 0.3 is 11.9 Å². The summed E-state index contributed by atoms with van der Waals surface area (Å²) in [5.74, 6) is -3.06. The molecule has 8 heteroatoms. The molecule has 1 atom stereocenters. The van der Waals surface area contributed by atoms with Gasteiger partial charge in [0, 0.05) is 6.54 Å². The predicted molar refractivity (Wildman–Crippen MR) is 101 cm³/mol. The van der Waals surface area contributed by atoms with E-state index in [1.807, 2.05) is 30.3 Å². The number of benzene rings is 2. The van der Waals surface area contributed by atoms with Gasteiger partial charge in [-0.15, -0.1) is 0 Å². The number of hydrogen-bond donors (Lipinski definition) is 4. The first kappa shape index (κ1) is 23.1. The van der Waals surface area contributed by atoms with Gasteiger partial charge in [0.15, 0.2) is 0 Å². The molecule has 0 aliphatic heterocycles. The lowest BCUT2D eigenvalue weighted by Crippen LogP contribution is -2.22. The molecule has 0 radical (unpaired) electrons. The fourth-order valence-electron chi connectivity index (χ4n) is 2.15. The monoisotopic (exact) mass is 393 g/mol. The lowest BCUT2D eigenvalue weighted by molar-refractivity contribution is -0.159. The first-order valence-electron chi connectivity index (χ1n) is 8.68. The van der Waals surface area contributed by atoms with Gasteiger partial charge in [-0.1, -0.05) is 30.3 Å². The van der Waals surface area contributed by atoms with Crippen molar-refractivity contribution in [1.29, 1.82) is 0 Å². The Morgan fingerprint density at radius 1 is 0.964 bits per heavy atom. The molecule has 0 saturated heterocycles. The SMILES string of the molecule is O=C(O)C(=O)O.OC(CCCNCCOc1ccccc1)c1ccc(F)cc1. The van der Waals surface area contributed by atoms with Crippen LogP contribution in [-0.4, -0.2) is 47.0 Å². The van der Waals surface area contributed by atoms with Gasteiger partial charge in [-0.3, -0.25) is 0 Å². The number of para-hydroxylation sites is 1. The molecule has 2 aromatic carbocycles. The summed E-state index contributed by atoms with van der Waals surface area (Å²) in [5, 5.41) is 28.0. The van der Waals surface area contributed by atoms with Crippen LogP contribution in [0.4, 0.5) is 4.39 Å². The normalized spacial score (nSPS) is 11.1. The number of hydrogen-bond acceptors (Lipinski definition) is 5. The van der Waals surface area contributed by atoms with Crippen molar-refractivity contribution in [3.05, 3.63) is 66.0 Å². The van der Waals surface area contributed by atoms with Crippen LogP contribution in [-0.2, 0) is 9.59 Å². The first-order chi connectivity index (χ1) is 13.4. The van der Waals surface area contributed by atoms with E-state index in [4.69, 9.17) is 24.5 Å². The molecule has 7 nitrogen and oxygen atoms in total. The molecule has 0 bridgehead atoms. The molecule has 0 spiro atoms. The molecule has 0 heterocycles. The summed E-state index contributed by atoms with van der Waals surface area (Å²) in [6.07, 6.45) is 0.963. The highest BCUT2D eigenvalue weighted by atomic mass is 19.1. The zero-order valence-electron chi connectivity index (χ0n) is 15.3. The molecule has 0 amide bonds. The fraction of sp³-hybridized carbons (Fsp3) is 0.300. The fourth-order valence-corrected chi connectivity index (χ4v) is 2.15. The van der Waals surface area contributed by atoms with Crippen LogP contribution in [0.2, 0.25) is 0 Å². The van der Waals surface area contributed by atoms with Crippen molar-refractivity contribution < 1.29 is 34.0 Å². The topological polar surface area (TPSA) is 116 Å². The van der Waals surface area contributed by atoms with Crippen molar-refractivity contribution >= 4 is 11.9 Å². The molecular formula is C20H24FNO6. The van der Waals surface area contributed by atoms with Gasteiger partial charge in [-0.05, 0) is 49.2 Å². The molecule has 2 aromatic rings. The zero-order valence-corrected chi connectivity index (χ0v) is 15.3. The molecule has 0 aliphatic rings. The van der Waals surface area contributed by atoms with E-state index in [0.717, 1.165) is 30.8 Å². The predicted octanol–water partition coefficient (Wildman–Crippen LogP) is 2.46. The highest BCUT2D eigenvalue weighted by molar-refractivity contribution is 6.27. The number of aliphatic hydroxyl groups excluding tert-OH is 1. The number of halogens is 1. The Kier molecular flexibility index (Phi) is 10.9. The minimum absolute atomic E-state index is 0.281. The number of rotatable bonds is 9. The van der Waals surface area contributed by atoms with Crippen LogP contribution in [0, 0.1) is 5.82 Å². The summed E-state index contributed by atoms with van der Waals surface area (Å²) in [5.41, 5.74) is 0.758. The summed E-state index contributed by atoms with van der Waals surface area (Å²) >= 11 is 0. The van der Waals surface area contributed by atoms with Crippen LogP contribution in [0.1, 0.15) is 24.5 Å². The molecule has 0 saturated carbocycles. The molecule has 0 aliphatic carbocycles. The van der Waals surface area contributed by atoms with Crippen molar-refractivity contribution in [2.45, 2.75) is 18.9 Å². The Labute approximate surface area is 162 Å². The summed E-state index contributed by atoms with van der Waals surface area (Å²) in [6, 6.07) is 15.7. The van der Waals surface area contributed by atoms with E-state index >= 15 is 0 Å². The highest BCUT2D eigenvalue weighted by Crippen LogP contribution is 2.18. The van der Waals surface area contributed by atoms with E-state index in [1.54, 1.807) is 12.1 Å². The number of carboxylic acids is 2. The molecule has 28 heavy (non-hydrogen) atoms. The van der Waals surface area contributed by atoms with Crippen molar-refractivity contribution in [3.8, 4) is 5.75 Å². The Bertz CT molecular complexity index is 696. The Morgan fingerprint density at radius 3 is 2.14 bits per heavy atom. The maximum absolute atomic E-state index is 12.8. The summed E-state index contributed by atoms with van der Waals surface area (Å²) in [7, 11) is 0. The summed E-state index contributed by atoms with van der Waals surface area (Å²) < 4.78 is 18.4. The highest BCUT2D eigenvalue weighted by Gasteiger charge is 2.06. The minimum Gasteiger partial charge on any atom is -0.492 e. The van der Waals surface area contributed by atoms with Crippen LogP contribution in [0.5, 0.6) is 5.75 Å². The third kappa shape index (κ3) is 10.2. The standard InChI is InChI=1S/C18H22FNO2.C2H2O4/c19-16-10-8-15(9-11-16)18(21)7-4-12-20-13-14-22-17-5-2-1-3-6-17;3-1(4)2(5)6/h1-3,5-6,8-11,18,20-21H,4,7,12-14H2;(H,3,4)(H,5,6). The van der Waals surface area contributed by atoms with Crippen LogP contribution in [0.25, 0.3) is 0 Å². The van der Waals surface area contributed by atoms with Gasteiger partial charge in [0.2, 0.25) is 0 Å². The smallest absolute Gasteiger partial charge is 0.414 e. The van der Waals surface area contributed by atoms with Gasteiger partial charge in [0.25, 0.3) is 0 Å². The number of nitrogens with one attached hydrogen (secondary N) is 1. The second-order valence-electron chi connectivity index (χ2n) is 5.73. The summed E-state index contributed by atoms with van der Waals surface area (Å²) in [4.78, 5) is 18.2. The zero-order chi connectivity index (χ0) is 20.8. The quantitative estimate of drug-likeness (QED) is 0.382. The number of aliphatic carboxylic acids is 2. The molecule has 152 valence electrons. The van der Waals surface area contributed by atoms with Crippen molar-refractivity contribution in [3.63, 3.8) is 0 Å². The van der Waals surface area contributed by atoms with Gasteiger partial charge in [-0.25, -0.2) is 14.0 Å². The molecule has 2 rings (SSSR count). The van der Waals surface area contributed by atoms with E-state index in [9.17, 15) is 9.50 Å². The maximum atomic E-state index is 12.8. The number of carboxylic acid groups (broad SMARTS) is 2. The van der Waals surface area contributed by atoms with Crippen LogP contribution < -0.4 is 10.1 Å². The molecule has 1 unspecified atom stereocenters. The van der Waals surface area contributed by atoms with E-state index in [2.05, 4.69) is 5.32 Å². The van der Waals surface area contributed by atoms with Crippen molar-refractivity contribution in [1.82, 2.24) is 5.32 Å². The average Bonchev–Trinajstić information content (AvgIpc) is 2.69. The number of carbonyl (C=O) groups is 2. The van der Waals surface area contributed by atoms with E-state index in [0.29, 0.717) is 13.0 Å². The van der Waals surface area contributed by atoms with E-state index in [1.165, 1.54) is 12.1 Å². The number of ether oxygens (including phenoxy) is 1. The van der Waals surface area contributed by atoms with Crippen LogP contribution in [0.3, 0.4) is 0 Å². The molecule has 0 fully saturated rings. The largest absolute Gasteiger partial charge is 0.492 e. The maximum Gasteiger partial charge on any atom is 0.414 e. The van der Waals surface area contributed by atoms with E-state index < -0.39 is 18.0 Å². The lowest BCUT2D eigenvalue weighted by Gasteiger charge is -2.11. The van der Waals surface area contributed by atoms with Crippen LogP contribution >= 0.6 is 0 Å². The average molecular weight is 393 g/mol. The summed E-state index contributed by atoms with van der Waals surface area (Å²) in [6.45, 7) is 2.20.